The van der Waals surface area contributed by atoms with Crippen LogP contribution >= 0.6 is 23.4 Å². The lowest BCUT2D eigenvalue weighted by atomic mass is 9.84. The lowest BCUT2D eigenvalue weighted by molar-refractivity contribution is -0.121. The maximum atomic E-state index is 12.1. The van der Waals surface area contributed by atoms with Gasteiger partial charge in [0.1, 0.15) is 0 Å². The summed E-state index contributed by atoms with van der Waals surface area (Å²) in [6.07, 6.45) is 0.559. The molecule has 0 saturated carbocycles. The Balaban J connectivity index is 1.82. The van der Waals surface area contributed by atoms with E-state index in [9.17, 15) is 4.79 Å². The molecule has 1 aliphatic heterocycles. The summed E-state index contributed by atoms with van der Waals surface area (Å²) in [5.74, 6) is 2.28. The van der Waals surface area contributed by atoms with Crippen molar-refractivity contribution in [3.05, 3.63) is 34.9 Å². The van der Waals surface area contributed by atoms with Gasteiger partial charge in [0.15, 0.2) is 0 Å². The zero-order valence-corrected chi connectivity index (χ0v) is 14.2. The predicted octanol–water partition coefficient (Wildman–Crippen LogP) is 2.83. The number of hydrogen-bond acceptors (Lipinski definition) is 3. The van der Waals surface area contributed by atoms with E-state index in [1.54, 1.807) is 0 Å². The average Bonchev–Trinajstić information content (AvgIpc) is 2.47. The van der Waals surface area contributed by atoms with Gasteiger partial charge in [-0.15, -0.1) is 0 Å². The van der Waals surface area contributed by atoms with E-state index < -0.39 is 0 Å². The third kappa shape index (κ3) is 5.20. The van der Waals surface area contributed by atoms with Crippen LogP contribution in [0.5, 0.6) is 0 Å². The molecule has 3 nitrogen and oxygen atoms in total. The number of hydrogen-bond donors (Lipinski definition) is 2. The highest BCUT2D eigenvalue weighted by molar-refractivity contribution is 7.99. The largest absolute Gasteiger partial charge is 0.355 e. The zero-order chi connectivity index (χ0) is 15.3. The molecule has 0 radical (unpaired) electrons. The Morgan fingerprint density at radius 3 is 2.76 bits per heavy atom. The van der Waals surface area contributed by atoms with Crippen LogP contribution in [0.3, 0.4) is 0 Å². The van der Waals surface area contributed by atoms with Gasteiger partial charge >= 0.3 is 0 Å². The second-order valence-electron chi connectivity index (χ2n) is 6.10. The van der Waals surface area contributed by atoms with Crippen LogP contribution in [0.15, 0.2) is 24.3 Å². The standard InChI is InChI=1S/C16H23ClN2OS/c1-16(2,12-3-5-13(17)6-4-12)11-19-15(20)9-14-10-21-8-7-18-14/h3-6,14,18H,7-11H2,1-2H3,(H,19,20). The first-order chi connectivity index (χ1) is 9.97. The Hall–Kier alpha value is -0.710. The Morgan fingerprint density at radius 2 is 2.14 bits per heavy atom. The monoisotopic (exact) mass is 326 g/mol. The molecule has 1 fully saturated rings. The van der Waals surface area contributed by atoms with E-state index in [2.05, 4.69) is 24.5 Å². The molecule has 1 unspecified atom stereocenters. The molecule has 2 N–H and O–H groups in total. The van der Waals surface area contributed by atoms with Crippen LogP contribution in [0.1, 0.15) is 25.8 Å². The smallest absolute Gasteiger partial charge is 0.221 e. The summed E-state index contributed by atoms with van der Waals surface area (Å²) < 4.78 is 0. The highest BCUT2D eigenvalue weighted by Crippen LogP contribution is 2.24. The van der Waals surface area contributed by atoms with Gasteiger partial charge in [-0.3, -0.25) is 4.79 Å². The predicted molar refractivity (Wildman–Crippen MR) is 91.2 cm³/mol. The summed E-state index contributed by atoms with van der Waals surface area (Å²) >= 11 is 7.83. The molecule has 116 valence electrons. The fourth-order valence-electron chi connectivity index (χ4n) is 2.37. The van der Waals surface area contributed by atoms with Crippen molar-refractivity contribution in [1.29, 1.82) is 0 Å². The van der Waals surface area contributed by atoms with Crippen LogP contribution in [0.2, 0.25) is 5.02 Å². The van der Waals surface area contributed by atoms with Gasteiger partial charge in [-0.25, -0.2) is 0 Å². The topological polar surface area (TPSA) is 41.1 Å². The summed E-state index contributed by atoms with van der Waals surface area (Å²) in [5, 5.41) is 7.19. The zero-order valence-electron chi connectivity index (χ0n) is 12.6. The molecule has 1 aromatic carbocycles. The van der Waals surface area contributed by atoms with Crippen molar-refractivity contribution in [2.45, 2.75) is 31.7 Å². The molecule has 1 atom stereocenters. The van der Waals surface area contributed by atoms with Crippen molar-refractivity contribution in [2.75, 3.05) is 24.6 Å². The minimum Gasteiger partial charge on any atom is -0.355 e. The van der Waals surface area contributed by atoms with E-state index in [4.69, 9.17) is 11.6 Å². The Morgan fingerprint density at radius 1 is 1.43 bits per heavy atom. The summed E-state index contributed by atoms with van der Waals surface area (Å²) in [7, 11) is 0. The molecule has 0 spiro atoms. The summed E-state index contributed by atoms with van der Waals surface area (Å²) in [4.78, 5) is 12.1. The molecule has 0 aromatic heterocycles. The van der Waals surface area contributed by atoms with E-state index in [1.807, 2.05) is 36.0 Å². The van der Waals surface area contributed by atoms with Crippen molar-refractivity contribution in [3.63, 3.8) is 0 Å². The van der Waals surface area contributed by atoms with Crippen LogP contribution in [-0.2, 0) is 10.2 Å². The molecule has 2 rings (SSSR count). The third-order valence-electron chi connectivity index (χ3n) is 3.78. The molecular weight excluding hydrogens is 304 g/mol. The molecule has 5 heteroatoms. The highest BCUT2D eigenvalue weighted by Gasteiger charge is 2.22. The summed E-state index contributed by atoms with van der Waals surface area (Å²) in [6, 6.07) is 8.14. The van der Waals surface area contributed by atoms with E-state index >= 15 is 0 Å². The first-order valence-corrected chi connectivity index (χ1v) is 8.84. The van der Waals surface area contributed by atoms with Crippen molar-refractivity contribution in [3.8, 4) is 0 Å². The van der Waals surface area contributed by atoms with Crippen LogP contribution in [-0.4, -0.2) is 36.5 Å². The van der Waals surface area contributed by atoms with Crippen LogP contribution in [0, 0.1) is 0 Å². The lowest BCUT2D eigenvalue weighted by Crippen LogP contribution is -2.43. The summed E-state index contributed by atoms with van der Waals surface area (Å²) in [5.41, 5.74) is 1.08. The van der Waals surface area contributed by atoms with Crippen LogP contribution in [0.25, 0.3) is 0 Å². The van der Waals surface area contributed by atoms with E-state index in [0.717, 1.165) is 23.1 Å². The molecule has 0 bridgehead atoms. The Labute approximate surface area is 136 Å². The van der Waals surface area contributed by atoms with Crippen molar-refractivity contribution < 1.29 is 4.79 Å². The molecule has 1 heterocycles. The number of amides is 1. The highest BCUT2D eigenvalue weighted by atomic mass is 35.5. The van der Waals surface area contributed by atoms with Gasteiger partial charge in [0.05, 0.1) is 0 Å². The van der Waals surface area contributed by atoms with Gasteiger partial charge in [0, 0.05) is 47.5 Å². The Kier molecular flexibility index (Phi) is 5.97. The van der Waals surface area contributed by atoms with Gasteiger partial charge < -0.3 is 10.6 Å². The second kappa shape index (κ2) is 7.52. The van der Waals surface area contributed by atoms with Crippen molar-refractivity contribution in [1.82, 2.24) is 10.6 Å². The maximum Gasteiger partial charge on any atom is 0.221 e. The molecule has 1 aliphatic rings. The van der Waals surface area contributed by atoms with E-state index in [1.165, 1.54) is 5.56 Å². The first-order valence-electron chi connectivity index (χ1n) is 7.31. The number of halogens is 1. The number of thioether (sulfide) groups is 1. The fourth-order valence-corrected chi connectivity index (χ4v) is 3.44. The van der Waals surface area contributed by atoms with E-state index in [0.29, 0.717) is 19.0 Å². The fraction of sp³-hybridized carbons (Fsp3) is 0.562. The summed E-state index contributed by atoms with van der Waals surface area (Å²) in [6.45, 7) is 5.89. The van der Waals surface area contributed by atoms with Gasteiger partial charge in [-0.1, -0.05) is 37.6 Å². The molecule has 1 aromatic rings. The molecule has 21 heavy (non-hydrogen) atoms. The van der Waals surface area contributed by atoms with Crippen LogP contribution < -0.4 is 10.6 Å². The molecule has 1 amide bonds. The third-order valence-corrected chi connectivity index (χ3v) is 5.17. The minimum absolute atomic E-state index is 0.102. The van der Waals surface area contributed by atoms with Gasteiger partial charge in [-0.05, 0) is 17.7 Å². The quantitative estimate of drug-likeness (QED) is 0.874. The second-order valence-corrected chi connectivity index (χ2v) is 7.68. The number of carbonyl (C=O) groups is 1. The SMILES string of the molecule is CC(C)(CNC(=O)CC1CSCCN1)c1ccc(Cl)cc1. The molecule has 1 saturated heterocycles. The van der Waals surface area contributed by atoms with E-state index in [-0.39, 0.29) is 11.3 Å². The lowest BCUT2D eigenvalue weighted by Gasteiger charge is -2.27. The molecule has 0 aliphatic carbocycles. The normalized spacial score (nSPS) is 19.3. The molecular formula is C16H23ClN2OS. The number of carbonyl (C=O) groups excluding carboxylic acids is 1. The van der Waals surface area contributed by atoms with Crippen molar-refractivity contribution >= 4 is 29.3 Å². The van der Waals surface area contributed by atoms with Gasteiger partial charge in [0.25, 0.3) is 0 Å². The Bertz CT molecular complexity index is 470. The average molecular weight is 327 g/mol. The van der Waals surface area contributed by atoms with Crippen molar-refractivity contribution in [2.24, 2.45) is 0 Å². The van der Waals surface area contributed by atoms with Gasteiger partial charge in [0.2, 0.25) is 5.91 Å². The minimum atomic E-state index is -0.102. The number of rotatable bonds is 5. The van der Waals surface area contributed by atoms with Crippen LogP contribution in [0.4, 0.5) is 0 Å². The maximum absolute atomic E-state index is 12.1. The van der Waals surface area contributed by atoms with Gasteiger partial charge in [-0.2, -0.15) is 11.8 Å². The number of benzene rings is 1. The number of nitrogens with one attached hydrogen (secondary N) is 2. The first kappa shape index (κ1) is 16.7.